The summed E-state index contributed by atoms with van der Waals surface area (Å²) in [5, 5.41) is 0. The molecule has 1 atom stereocenters. The first kappa shape index (κ1) is 70.0. The lowest BCUT2D eigenvalue weighted by molar-refractivity contribution is -0.162. The number of unbranched alkanes of at least 4 members (excludes halogenated alkanes) is 22. The number of allylic oxidation sites excluding steroid dienone is 22. The minimum atomic E-state index is -0.587. The smallest absolute Gasteiger partial charge is 0.306 e. The summed E-state index contributed by atoms with van der Waals surface area (Å²) in [6.45, 7) is 7.57. The van der Waals surface area contributed by atoms with Crippen molar-refractivity contribution < 1.29 is 23.8 Å². The molecule has 0 aliphatic carbocycles. The molecule has 74 heavy (non-hydrogen) atoms. The number of hydrogen-bond acceptors (Lipinski definition) is 5. The molecule has 5 nitrogen and oxygen atoms in total. The Balaban J connectivity index is 4.44. The van der Waals surface area contributed by atoms with Gasteiger partial charge in [-0.1, -0.05) is 257 Å². The van der Waals surface area contributed by atoms with Crippen molar-refractivity contribution in [3.63, 3.8) is 0 Å². The third kappa shape index (κ3) is 60.6. The van der Waals surface area contributed by atoms with Crippen molar-refractivity contribution in [2.24, 2.45) is 0 Å². The maximum absolute atomic E-state index is 12.9. The van der Waals surface area contributed by atoms with E-state index in [-0.39, 0.29) is 25.2 Å². The highest BCUT2D eigenvalue weighted by Crippen LogP contribution is 2.14. The monoisotopic (exact) mass is 1020 g/mol. The van der Waals surface area contributed by atoms with E-state index in [1.165, 1.54) is 128 Å². The zero-order valence-electron chi connectivity index (χ0n) is 48.3. The van der Waals surface area contributed by atoms with Gasteiger partial charge in [-0.3, -0.25) is 9.59 Å². The summed E-state index contributed by atoms with van der Waals surface area (Å²) in [6.07, 6.45) is 90.6. The number of carbonyl (C=O) groups excluding carboxylic acids is 2. The quantitative estimate of drug-likeness (QED) is 0.0345. The second kappa shape index (κ2) is 63.3. The average molecular weight is 1020 g/mol. The van der Waals surface area contributed by atoms with E-state index in [1.807, 2.05) is 6.08 Å². The largest absolute Gasteiger partial charge is 0.462 e. The molecular formula is C69H114O5. The topological polar surface area (TPSA) is 61.8 Å². The summed E-state index contributed by atoms with van der Waals surface area (Å²) >= 11 is 0. The van der Waals surface area contributed by atoms with Crippen LogP contribution >= 0.6 is 0 Å². The molecule has 0 bridgehead atoms. The molecule has 0 aromatic rings. The van der Waals surface area contributed by atoms with Crippen LogP contribution < -0.4 is 0 Å². The van der Waals surface area contributed by atoms with Gasteiger partial charge in [-0.05, 0) is 128 Å². The van der Waals surface area contributed by atoms with E-state index in [4.69, 9.17) is 14.2 Å². The van der Waals surface area contributed by atoms with E-state index in [1.54, 1.807) is 0 Å². The van der Waals surface area contributed by atoms with E-state index in [9.17, 15) is 9.59 Å². The minimum absolute atomic E-state index is 0.0309. The molecule has 5 heteroatoms. The van der Waals surface area contributed by atoms with Gasteiger partial charge in [-0.15, -0.1) is 0 Å². The van der Waals surface area contributed by atoms with Gasteiger partial charge in [0.15, 0.2) is 6.10 Å². The molecule has 0 saturated carbocycles. The van der Waals surface area contributed by atoms with E-state index < -0.39 is 6.10 Å². The third-order valence-corrected chi connectivity index (χ3v) is 12.7. The maximum atomic E-state index is 12.9. The highest BCUT2D eigenvalue weighted by Gasteiger charge is 2.17. The van der Waals surface area contributed by atoms with Gasteiger partial charge >= 0.3 is 11.9 Å². The van der Waals surface area contributed by atoms with Crippen molar-refractivity contribution in [1.82, 2.24) is 0 Å². The minimum Gasteiger partial charge on any atom is -0.462 e. The van der Waals surface area contributed by atoms with E-state index in [0.717, 1.165) is 96.3 Å². The Morgan fingerprint density at radius 1 is 0.311 bits per heavy atom. The average Bonchev–Trinajstić information content (AvgIpc) is 3.40. The van der Waals surface area contributed by atoms with Crippen molar-refractivity contribution in [2.75, 3.05) is 19.8 Å². The van der Waals surface area contributed by atoms with E-state index in [0.29, 0.717) is 25.9 Å². The van der Waals surface area contributed by atoms with Crippen LogP contribution in [0.5, 0.6) is 0 Å². The van der Waals surface area contributed by atoms with Crippen LogP contribution in [0.3, 0.4) is 0 Å². The fraction of sp³-hybridized carbons (Fsp3) is 0.652. The van der Waals surface area contributed by atoms with Gasteiger partial charge in [-0.2, -0.15) is 0 Å². The molecule has 0 spiro atoms. The lowest BCUT2D eigenvalue weighted by atomic mass is 10.1. The highest BCUT2D eigenvalue weighted by molar-refractivity contribution is 5.70. The first-order valence-electron chi connectivity index (χ1n) is 30.7. The van der Waals surface area contributed by atoms with Crippen LogP contribution in [-0.4, -0.2) is 37.9 Å². The Morgan fingerprint density at radius 3 is 1.03 bits per heavy atom. The van der Waals surface area contributed by atoms with Crippen molar-refractivity contribution >= 4 is 11.9 Å². The van der Waals surface area contributed by atoms with Gasteiger partial charge in [0.1, 0.15) is 6.61 Å². The molecular weight excluding hydrogens is 909 g/mol. The number of rotatable bonds is 55. The highest BCUT2D eigenvalue weighted by atomic mass is 16.6. The molecule has 0 radical (unpaired) electrons. The first-order valence-corrected chi connectivity index (χ1v) is 30.7. The van der Waals surface area contributed by atoms with Crippen LogP contribution in [0.15, 0.2) is 134 Å². The summed E-state index contributed by atoms with van der Waals surface area (Å²) < 4.78 is 17.4. The predicted molar refractivity (Wildman–Crippen MR) is 325 cm³/mol. The zero-order chi connectivity index (χ0) is 53.4. The fourth-order valence-electron chi connectivity index (χ4n) is 8.10. The molecule has 0 fully saturated rings. The molecule has 0 heterocycles. The van der Waals surface area contributed by atoms with Gasteiger partial charge in [0.2, 0.25) is 0 Å². The molecule has 0 amide bonds. The fourth-order valence-corrected chi connectivity index (χ4v) is 8.10. The molecule has 0 aromatic carbocycles. The van der Waals surface area contributed by atoms with Gasteiger partial charge in [0.25, 0.3) is 0 Å². The molecule has 1 unspecified atom stereocenters. The van der Waals surface area contributed by atoms with Gasteiger partial charge in [0, 0.05) is 19.4 Å². The first-order chi connectivity index (χ1) is 36.6. The Morgan fingerprint density at radius 2 is 0.635 bits per heavy atom. The van der Waals surface area contributed by atoms with E-state index in [2.05, 4.69) is 148 Å². The van der Waals surface area contributed by atoms with Crippen molar-refractivity contribution in [3.05, 3.63) is 134 Å². The molecule has 420 valence electrons. The molecule has 0 saturated heterocycles. The van der Waals surface area contributed by atoms with Gasteiger partial charge in [-0.25, -0.2) is 0 Å². The maximum Gasteiger partial charge on any atom is 0.306 e. The molecule has 0 aliphatic heterocycles. The predicted octanol–water partition coefficient (Wildman–Crippen LogP) is 21.5. The van der Waals surface area contributed by atoms with Crippen molar-refractivity contribution in [3.8, 4) is 0 Å². The Labute approximate surface area is 458 Å². The summed E-state index contributed by atoms with van der Waals surface area (Å²) in [7, 11) is 0. The van der Waals surface area contributed by atoms with Crippen molar-refractivity contribution in [1.29, 1.82) is 0 Å². The molecule has 0 rings (SSSR count). The number of hydrogen-bond donors (Lipinski definition) is 0. The number of ether oxygens (including phenoxy) is 3. The third-order valence-electron chi connectivity index (χ3n) is 12.7. The second-order valence-corrected chi connectivity index (χ2v) is 19.9. The Kier molecular flexibility index (Phi) is 59.9. The molecule has 0 aliphatic rings. The summed E-state index contributed by atoms with van der Waals surface area (Å²) in [5.41, 5.74) is 0. The number of esters is 2. The summed E-state index contributed by atoms with van der Waals surface area (Å²) in [4.78, 5) is 25.6. The normalized spacial score (nSPS) is 13.2. The van der Waals surface area contributed by atoms with Crippen LogP contribution in [-0.2, 0) is 23.8 Å². The van der Waals surface area contributed by atoms with Gasteiger partial charge < -0.3 is 14.2 Å². The second-order valence-electron chi connectivity index (χ2n) is 19.9. The zero-order valence-corrected chi connectivity index (χ0v) is 48.3. The Hall–Kier alpha value is -3.96. The van der Waals surface area contributed by atoms with Crippen LogP contribution in [0.2, 0.25) is 0 Å². The standard InChI is InChI=1S/C69H114O5/c1-4-7-10-13-16-19-22-25-28-31-34-37-40-43-46-49-52-55-58-61-64-72-65-67(74-69(71)63-60-57-54-51-48-45-42-39-36-33-30-27-24-21-18-15-12-9-6-3)66-73-68(70)62-59-56-53-50-47-44-41-38-35-32-29-26-23-20-17-14-11-8-5-2/h8,11,16-21,25-30,35-36,38-39,44,47,53,56,67H,4-7,9-10,12-15,22-24,31-34,37,40-43,45-46,48-52,54-55,57-66H2,1-3H3/b11-8-,19-16-,20-17-,21-18-,28-25-,29-26-,30-27-,38-35-,39-36-,47-44-,56-53-. The molecule has 0 aromatic heterocycles. The number of carbonyl (C=O) groups is 2. The molecule has 0 N–H and O–H groups in total. The Bertz CT molecular complexity index is 1530. The van der Waals surface area contributed by atoms with Gasteiger partial charge in [0.05, 0.1) is 6.61 Å². The van der Waals surface area contributed by atoms with Crippen molar-refractivity contribution in [2.45, 2.75) is 271 Å². The lowest BCUT2D eigenvalue weighted by Gasteiger charge is -2.18. The van der Waals surface area contributed by atoms with Crippen LogP contribution in [0.1, 0.15) is 265 Å². The van der Waals surface area contributed by atoms with E-state index >= 15 is 0 Å². The summed E-state index contributed by atoms with van der Waals surface area (Å²) in [5.74, 6) is -0.512. The van der Waals surface area contributed by atoms with Crippen LogP contribution in [0.25, 0.3) is 0 Å². The SMILES string of the molecule is CC/C=C\C/C=C\C/C=C\C/C=C\C/C=C\C/C=C\CCC(=O)OCC(COCCCCCCCCCCCC/C=C\C/C=C\CCCCC)OC(=O)CCCCCCCC/C=C\C/C=C\C/C=C\CCCCC. The summed E-state index contributed by atoms with van der Waals surface area (Å²) in [6, 6.07) is 0. The van der Waals surface area contributed by atoms with Crippen LogP contribution in [0.4, 0.5) is 0 Å². The lowest BCUT2D eigenvalue weighted by Crippen LogP contribution is -2.30. The van der Waals surface area contributed by atoms with Crippen LogP contribution in [0, 0.1) is 0 Å².